The van der Waals surface area contributed by atoms with E-state index in [2.05, 4.69) is 38.3 Å². The fourth-order valence-electron chi connectivity index (χ4n) is 2.66. The van der Waals surface area contributed by atoms with Gasteiger partial charge in [0.05, 0.1) is 0 Å². The lowest BCUT2D eigenvalue weighted by atomic mass is 10.2. The molecule has 0 bridgehead atoms. The number of rotatable bonds is 2. The minimum Gasteiger partial charge on any atom is -0.368 e. The van der Waals surface area contributed by atoms with E-state index in [1.807, 2.05) is 35.2 Å². The van der Waals surface area contributed by atoms with Crippen LogP contribution < -0.4 is 10.2 Å². The first-order valence-electron chi connectivity index (χ1n) is 7.79. The van der Waals surface area contributed by atoms with Crippen LogP contribution in [0.15, 0.2) is 59.1 Å². The fraction of sp³-hybridized carbons (Fsp3) is 0.222. The number of carbonyl (C=O) groups excluding carboxylic acids is 1. The van der Waals surface area contributed by atoms with Crippen LogP contribution in [0.1, 0.15) is 10.4 Å². The van der Waals surface area contributed by atoms with Crippen molar-refractivity contribution in [1.82, 2.24) is 10.2 Å². The van der Waals surface area contributed by atoms with Crippen molar-refractivity contribution in [2.24, 2.45) is 0 Å². The molecule has 1 saturated heterocycles. The van der Waals surface area contributed by atoms with Crippen molar-refractivity contribution in [2.45, 2.75) is 0 Å². The zero-order valence-corrected chi connectivity index (χ0v) is 15.5. The summed E-state index contributed by atoms with van der Waals surface area (Å²) in [7, 11) is 0. The molecule has 0 spiro atoms. The van der Waals surface area contributed by atoms with Crippen LogP contribution in [-0.4, -0.2) is 42.1 Å². The zero-order chi connectivity index (χ0) is 16.9. The highest BCUT2D eigenvalue weighted by Crippen LogP contribution is 2.16. The molecule has 1 fully saturated rings. The molecule has 124 valence electrons. The van der Waals surface area contributed by atoms with Gasteiger partial charge in [-0.25, -0.2) is 0 Å². The topological polar surface area (TPSA) is 35.6 Å². The molecule has 2 aromatic carbocycles. The fourth-order valence-corrected chi connectivity index (χ4v) is 3.20. The summed E-state index contributed by atoms with van der Waals surface area (Å²) in [6, 6.07) is 17.6. The molecule has 0 aliphatic carbocycles. The Morgan fingerprint density at radius 2 is 1.58 bits per heavy atom. The zero-order valence-electron chi connectivity index (χ0n) is 13.1. The maximum Gasteiger partial charge on any atom is 0.257 e. The molecule has 3 rings (SSSR count). The summed E-state index contributed by atoms with van der Waals surface area (Å²) in [5.74, 6) is -0.169. The number of hydrogen-bond acceptors (Lipinski definition) is 3. The first-order chi connectivity index (χ1) is 11.6. The number of thiocarbonyl (C=S) groups is 1. The Bertz CT molecular complexity index is 713. The van der Waals surface area contributed by atoms with E-state index < -0.39 is 0 Å². The van der Waals surface area contributed by atoms with E-state index >= 15 is 0 Å². The standard InChI is InChI=1S/C18H18BrN3OS/c19-15-8-6-14(7-9-15)17(23)20-18(24)22-12-10-21(11-13-22)16-4-2-1-3-5-16/h1-9H,10-13H2,(H,20,23,24). The highest BCUT2D eigenvalue weighted by molar-refractivity contribution is 9.10. The van der Waals surface area contributed by atoms with Gasteiger partial charge in [-0.2, -0.15) is 0 Å². The smallest absolute Gasteiger partial charge is 0.257 e. The third-order valence-electron chi connectivity index (χ3n) is 4.02. The lowest BCUT2D eigenvalue weighted by Gasteiger charge is -2.37. The molecule has 1 amide bonds. The predicted molar refractivity (Wildman–Crippen MR) is 104 cm³/mol. The van der Waals surface area contributed by atoms with Gasteiger partial charge < -0.3 is 9.80 Å². The normalized spacial score (nSPS) is 14.4. The second-order valence-corrected chi connectivity index (χ2v) is 6.88. The van der Waals surface area contributed by atoms with Crippen LogP contribution in [0.2, 0.25) is 0 Å². The van der Waals surface area contributed by atoms with Gasteiger partial charge >= 0.3 is 0 Å². The average Bonchev–Trinajstić information content (AvgIpc) is 2.63. The highest BCUT2D eigenvalue weighted by Gasteiger charge is 2.20. The predicted octanol–water partition coefficient (Wildman–Crippen LogP) is 3.29. The largest absolute Gasteiger partial charge is 0.368 e. The van der Waals surface area contributed by atoms with Crippen LogP contribution in [-0.2, 0) is 0 Å². The van der Waals surface area contributed by atoms with E-state index in [0.29, 0.717) is 10.7 Å². The molecule has 24 heavy (non-hydrogen) atoms. The van der Waals surface area contributed by atoms with Gasteiger partial charge in [-0.3, -0.25) is 10.1 Å². The van der Waals surface area contributed by atoms with Crippen molar-refractivity contribution in [2.75, 3.05) is 31.1 Å². The number of halogens is 1. The Kier molecular flexibility index (Phi) is 5.48. The van der Waals surface area contributed by atoms with Gasteiger partial charge in [0.1, 0.15) is 0 Å². The molecule has 0 saturated carbocycles. The number of benzene rings is 2. The molecule has 1 aliphatic rings. The lowest BCUT2D eigenvalue weighted by molar-refractivity contribution is 0.0973. The minimum atomic E-state index is -0.169. The Morgan fingerprint density at radius 1 is 0.958 bits per heavy atom. The summed E-state index contributed by atoms with van der Waals surface area (Å²) in [4.78, 5) is 16.6. The molecular formula is C18H18BrN3OS. The van der Waals surface area contributed by atoms with Crippen LogP contribution >= 0.6 is 28.1 Å². The van der Waals surface area contributed by atoms with Crippen LogP contribution in [0.3, 0.4) is 0 Å². The second kappa shape index (κ2) is 7.77. The first kappa shape index (κ1) is 16.9. The van der Waals surface area contributed by atoms with Crippen molar-refractivity contribution < 1.29 is 4.79 Å². The molecular weight excluding hydrogens is 386 g/mol. The number of piperazine rings is 1. The second-order valence-electron chi connectivity index (χ2n) is 5.58. The number of nitrogens with zero attached hydrogens (tertiary/aromatic N) is 2. The van der Waals surface area contributed by atoms with E-state index in [0.717, 1.165) is 30.7 Å². The molecule has 0 unspecified atom stereocenters. The summed E-state index contributed by atoms with van der Waals surface area (Å²) >= 11 is 8.76. The summed E-state index contributed by atoms with van der Waals surface area (Å²) in [5, 5.41) is 3.32. The molecule has 1 aliphatic heterocycles. The molecule has 1 heterocycles. The van der Waals surface area contributed by atoms with Gasteiger partial charge in [0.25, 0.3) is 5.91 Å². The van der Waals surface area contributed by atoms with Gasteiger partial charge in [0.15, 0.2) is 5.11 Å². The van der Waals surface area contributed by atoms with Gasteiger partial charge in [-0.05, 0) is 48.6 Å². The van der Waals surface area contributed by atoms with Crippen molar-refractivity contribution in [3.63, 3.8) is 0 Å². The summed E-state index contributed by atoms with van der Waals surface area (Å²) in [6.45, 7) is 3.37. The maximum absolute atomic E-state index is 12.2. The molecule has 0 aromatic heterocycles. The Morgan fingerprint density at radius 3 is 2.21 bits per heavy atom. The first-order valence-corrected chi connectivity index (χ1v) is 8.99. The number of carbonyl (C=O) groups is 1. The number of amides is 1. The van der Waals surface area contributed by atoms with Crippen molar-refractivity contribution in [3.8, 4) is 0 Å². The van der Waals surface area contributed by atoms with Gasteiger partial charge in [0.2, 0.25) is 0 Å². The van der Waals surface area contributed by atoms with E-state index in [-0.39, 0.29) is 5.91 Å². The third kappa shape index (κ3) is 4.13. The quantitative estimate of drug-likeness (QED) is 0.780. The average molecular weight is 404 g/mol. The molecule has 0 radical (unpaired) electrons. The van der Waals surface area contributed by atoms with E-state index in [1.165, 1.54) is 5.69 Å². The third-order valence-corrected chi connectivity index (χ3v) is 4.90. The van der Waals surface area contributed by atoms with E-state index in [4.69, 9.17) is 12.2 Å². The molecule has 4 nitrogen and oxygen atoms in total. The van der Waals surface area contributed by atoms with Crippen molar-refractivity contribution in [1.29, 1.82) is 0 Å². The van der Waals surface area contributed by atoms with Crippen molar-refractivity contribution >= 4 is 44.9 Å². The SMILES string of the molecule is O=C(NC(=S)N1CCN(c2ccccc2)CC1)c1ccc(Br)cc1. The summed E-state index contributed by atoms with van der Waals surface area (Å²) in [5.41, 5.74) is 1.82. The number of hydrogen-bond donors (Lipinski definition) is 1. The monoisotopic (exact) mass is 403 g/mol. The Hall–Kier alpha value is -1.92. The van der Waals surface area contributed by atoms with E-state index in [1.54, 1.807) is 12.1 Å². The maximum atomic E-state index is 12.2. The van der Waals surface area contributed by atoms with Crippen LogP contribution in [0.4, 0.5) is 5.69 Å². The molecule has 6 heteroatoms. The van der Waals surface area contributed by atoms with Gasteiger partial charge in [-0.15, -0.1) is 0 Å². The van der Waals surface area contributed by atoms with Gasteiger partial charge in [-0.1, -0.05) is 34.1 Å². The van der Waals surface area contributed by atoms with Crippen LogP contribution in [0.25, 0.3) is 0 Å². The molecule has 1 N–H and O–H groups in total. The number of anilines is 1. The minimum absolute atomic E-state index is 0.169. The van der Waals surface area contributed by atoms with Crippen molar-refractivity contribution in [3.05, 3.63) is 64.6 Å². The lowest BCUT2D eigenvalue weighted by Crippen LogP contribution is -2.52. The number of nitrogens with one attached hydrogen (secondary N) is 1. The molecule has 0 atom stereocenters. The summed E-state index contributed by atoms with van der Waals surface area (Å²) in [6.07, 6.45) is 0. The van der Waals surface area contributed by atoms with E-state index in [9.17, 15) is 4.79 Å². The Labute approximate surface area is 155 Å². The van der Waals surface area contributed by atoms with Gasteiger partial charge in [0, 0.05) is 41.9 Å². The number of para-hydroxylation sites is 1. The Balaban J connectivity index is 1.53. The van der Waals surface area contributed by atoms with Crippen LogP contribution in [0.5, 0.6) is 0 Å². The summed E-state index contributed by atoms with van der Waals surface area (Å²) < 4.78 is 0.943. The highest BCUT2D eigenvalue weighted by atomic mass is 79.9. The van der Waals surface area contributed by atoms with Crippen LogP contribution in [0, 0.1) is 0 Å². The molecule has 2 aromatic rings.